The lowest BCUT2D eigenvalue weighted by Crippen LogP contribution is -1.96. The summed E-state index contributed by atoms with van der Waals surface area (Å²) in [7, 11) is 0. The molecule has 0 amide bonds. The molecule has 0 bridgehead atoms. The van der Waals surface area contributed by atoms with Gasteiger partial charge in [-0.25, -0.2) is 0 Å². The Labute approximate surface area is 104 Å². The van der Waals surface area contributed by atoms with E-state index in [1.54, 1.807) is 6.08 Å². The molecule has 1 nitrogen and oxygen atoms in total. The van der Waals surface area contributed by atoms with Gasteiger partial charge in [0, 0.05) is 0 Å². The molecule has 0 fully saturated rings. The zero-order valence-electron chi connectivity index (χ0n) is 10.5. The SMILES string of the molecule is C=C(CCCCC)C(=O)/C=C\c1ccccc1. The Morgan fingerprint density at radius 2 is 1.94 bits per heavy atom. The second kappa shape index (κ2) is 7.61. The molecule has 0 saturated carbocycles. The summed E-state index contributed by atoms with van der Waals surface area (Å²) < 4.78 is 0. The van der Waals surface area contributed by atoms with E-state index in [0.717, 1.165) is 24.8 Å². The van der Waals surface area contributed by atoms with Crippen molar-refractivity contribution in [2.45, 2.75) is 32.6 Å². The third kappa shape index (κ3) is 5.30. The Balaban J connectivity index is 2.43. The Morgan fingerprint density at radius 1 is 1.24 bits per heavy atom. The number of carbonyl (C=O) groups is 1. The molecule has 17 heavy (non-hydrogen) atoms. The van der Waals surface area contributed by atoms with Gasteiger partial charge in [0.1, 0.15) is 0 Å². The van der Waals surface area contributed by atoms with E-state index in [0.29, 0.717) is 5.57 Å². The van der Waals surface area contributed by atoms with Crippen molar-refractivity contribution in [3.8, 4) is 0 Å². The summed E-state index contributed by atoms with van der Waals surface area (Å²) in [5.74, 6) is 0.0463. The number of carbonyl (C=O) groups excluding carboxylic acids is 1. The van der Waals surface area contributed by atoms with Crippen LogP contribution >= 0.6 is 0 Å². The third-order valence-corrected chi connectivity index (χ3v) is 2.66. The summed E-state index contributed by atoms with van der Waals surface area (Å²) in [5, 5.41) is 0. The number of rotatable bonds is 7. The van der Waals surface area contributed by atoms with Crippen LogP contribution in [0.3, 0.4) is 0 Å². The van der Waals surface area contributed by atoms with Crippen molar-refractivity contribution in [1.29, 1.82) is 0 Å². The van der Waals surface area contributed by atoms with Crippen LogP contribution in [0.5, 0.6) is 0 Å². The average Bonchev–Trinajstić information content (AvgIpc) is 2.37. The summed E-state index contributed by atoms with van der Waals surface area (Å²) in [6, 6.07) is 9.83. The highest BCUT2D eigenvalue weighted by Gasteiger charge is 2.02. The summed E-state index contributed by atoms with van der Waals surface area (Å²) in [6.45, 7) is 5.99. The van der Waals surface area contributed by atoms with E-state index >= 15 is 0 Å². The van der Waals surface area contributed by atoms with Crippen LogP contribution in [0.1, 0.15) is 38.2 Å². The fourth-order valence-electron chi connectivity index (χ4n) is 1.57. The number of ketones is 1. The van der Waals surface area contributed by atoms with Crippen molar-refractivity contribution in [2.24, 2.45) is 0 Å². The maximum Gasteiger partial charge on any atom is 0.181 e. The van der Waals surface area contributed by atoms with Crippen molar-refractivity contribution in [2.75, 3.05) is 0 Å². The molecule has 0 saturated heterocycles. The van der Waals surface area contributed by atoms with Crippen molar-refractivity contribution in [3.63, 3.8) is 0 Å². The van der Waals surface area contributed by atoms with Gasteiger partial charge in [0.15, 0.2) is 5.78 Å². The quantitative estimate of drug-likeness (QED) is 0.499. The molecule has 0 unspecified atom stereocenters. The van der Waals surface area contributed by atoms with E-state index in [9.17, 15) is 4.79 Å². The van der Waals surface area contributed by atoms with Crippen LogP contribution < -0.4 is 0 Å². The molecule has 0 radical (unpaired) electrons. The zero-order chi connectivity index (χ0) is 12.5. The Morgan fingerprint density at radius 3 is 2.59 bits per heavy atom. The topological polar surface area (TPSA) is 17.1 Å². The molecule has 1 heteroatoms. The van der Waals surface area contributed by atoms with Crippen LogP contribution in [0.2, 0.25) is 0 Å². The second-order valence-electron chi connectivity index (χ2n) is 4.17. The predicted octanol–water partition coefficient (Wildman–Crippen LogP) is 4.41. The molecule has 1 rings (SSSR count). The van der Waals surface area contributed by atoms with E-state index < -0.39 is 0 Å². The van der Waals surface area contributed by atoms with Gasteiger partial charge in [0.05, 0.1) is 0 Å². The van der Waals surface area contributed by atoms with E-state index in [4.69, 9.17) is 0 Å². The molecule has 0 atom stereocenters. The van der Waals surface area contributed by atoms with Gasteiger partial charge in [-0.1, -0.05) is 62.8 Å². The zero-order valence-corrected chi connectivity index (χ0v) is 10.5. The normalized spacial score (nSPS) is 10.6. The minimum atomic E-state index is 0.0463. The lowest BCUT2D eigenvalue weighted by molar-refractivity contribution is -0.111. The molecular weight excluding hydrogens is 208 g/mol. The van der Waals surface area contributed by atoms with Gasteiger partial charge >= 0.3 is 0 Å². The summed E-state index contributed by atoms with van der Waals surface area (Å²) >= 11 is 0. The summed E-state index contributed by atoms with van der Waals surface area (Å²) in [6.07, 6.45) is 7.65. The van der Waals surface area contributed by atoms with E-state index in [-0.39, 0.29) is 5.78 Å². The van der Waals surface area contributed by atoms with Crippen LogP contribution in [-0.4, -0.2) is 5.78 Å². The van der Waals surface area contributed by atoms with E-state index in [2.05, 4.69) is 13.5 Å². The molecule has 1 aromatic rings. The van der Waals surface area contributed by atoms with Gasteiger partial charge in [-0.15, -0.1) is 0 Å². The lowest BCUT2D eigenvalue weighted by Gasteiger charge is -2.00. The Hall–Kier alpha value is -1.63. The molecule has 0 heterocycles. The highest BCUT2D eigenvalue weighted by molar-refractivity contribution is 6.05. The van der Waals surface area contributed by atoms with E-state index in [1.165, 1.54) is 6.42 Å². The van der Waals surface area contributed by atoms with Crippen LogP contribution in [0.15, 0.2) is 48.6 Å². The summed E-state index contributed by atoms with van der Waals surface area (Å²) in [5.41, 5.74) is 1.76. The fourth-order valence-corrected chi connectivity index (χ4v) is 1.57. The Bertz CT molecular complexity index is 387. The maximum absolute atomic E-state index is 11.7. The monoisotopic (exact) mass is 228 g/mol. The molecule has 0 spiro atoms. The molecule has 0 aliphatic heterocycles. The standard InChI is InChI=1S/C16H20O/c1-3-4-6-9-14(2)16(17)13-12-15-10-7-5-8-11-15/h5,7-8,10-13H,2-4,6,9H2,1H3/b13-12-. The lowest BCUT2D eigenvalue weighted by atomic mass is 10.0. The third-order valence-electron chi connectivity index (χ3n) is 2.66. The molecule has 0 N–H and O–H groups in total. The molecular formula is C16H20O. The number of hydrogen-bond acceptors (Lipinski definition) is 1. The number of benzene rings is 1. The van der Waals surface area contributed by atoms with Crippen molar-refractivity contribution in [3.05, 3.63) is 54.1 Å². The number of hydrogen-bond donors (Lipinski definition) is 0. The fraction of sp³-hybridized carbons (Fsp3) is 0.312. The number of unbranched alkanes of at least 4 members (excludes halogenated alkanes) is 2. The number of allylic oxidation sites excluding steroid dienone is 2. The van der Waals surface area contributed by atoms with Crippen molar-refractivity contribution in [1.82, 2.24) is 0 Å². The minimum Gasteiger partial charge on any atom is -0.290 e. The van der Waals surface area contributed by atoms with Crippen molar-refractivity contribution >= 4 is 11.9 Å². The van der Waals surface area contributed by atoms with Crippen LogP contribution in [-0.2, 0) is 4.79 Å². The second-order valence-corrected chi connectivity index (χ2v) is 4.17. The van der Waals surface area contributed by atoms with Gasteiger partial charge < -0.3 is 0 Å². The molecule has 0 aromatic heterocycles. The Kier molecular flexibility index (Phi) is 6.02. The molecule has 90 valence electrons. The van der Waals surface area contributed by atoms with Crippen molar-refractivity contribution < 1.29 is 4.79 Å². The molecule has 1 aromatic carbocycles. The van der Waals surface area contributed by atoms with Gasteiger partial charge in [-0.3, -0.25) is 4.79 Å². The van der Waals surface area contributed by atoms with Crippen LogP contribution in [0, 0.1) is 0 Å². The molecule has 0 aliphatic rings. The van der Waals surface area contributed by atoms with Gasteiger partial charge in [-0.05, 0) is 30.1 Å². The smallest absolute Gasteiger partial charge is 0.181 e. The van der Waals surface area contributed by atoms with Gasteiger partial charge in [0.2, 0.25) is 0 Å². The van der Waals surface area contributed by atoms with Crippen LogP contribution in [0.4, 0.5) is 0 Å². The summed E-state index contributed by atoms with van der Waals surface area (Å²) in [4.78, 5) is 11.7. The molecule has 0 aliphatic carbocycles. The maximum atomic E-state index is 11.7. The highest BCUT2D eigenvalue weighted by atomic mass is 16.1. The first-order chi connectivity index (χ1) is 8.24. The predicted molar refractivity (Wildman–Crippen MR) is 73.8 cm³/mol. The van der Waals surface area contributed by atoms with Gasteiger partial charge in [-0.2, -0.15) is 0 Å². The highest BCUT2D eigenvalue weighted by Crippen LogP contribution is 2.09. The minimum absolute atomic E-state index is 0.0463. The van der Waals surface area contributed by atoms with E-state index in [1.807, 2.05) is 36.4 Å². The first kappa shape index (κ1) is 13.4. The largest absolute Gasteiger partial charge is 0.290 e. The van der Waals surface area contributed by atoms with Crippen LogP contribution in [0.25, 0.3) is 6.08 Å². The van der Waals surface area contributed by atoms with Gasteiger partial charge in [0.25, 0.3) is 0 Å². The first-order valence-electron chi connectivity index (χ1n) is 6.19. The first-order valence-corrected chi connectivity index (χ1v) is 6.19. The average molecular weight is 228 g/mol.